The van der Waals surface area contributed by atoms with E-state index in [0.29, 0.717) is 6.61 Å². The molecule has 1 aliphatic heterocycles. The van der Waals surface area contributed by atoms with Gasteiger partial charge in [-0.25, -0.2) is 0 Å². The first-order valence-electron chi connectivity index (χ1n) is 6.92. The molecule has 0 amide bonds. The number of phenolic OH excluding ortho intramolecular Hbond substituents is 1. The zero-order valence-electron chi connectivity index (χ0n) is 11.8. The number of nitrogens with one attached hydrogen (secondary N) is 1. The Bertz CT molecular complexity index is 607. The number of aromatic hydroxyl groups is 1. The van der Waals surface area contributed by atoms with Crippen molar-refractivity contribution in [3.8, 4) is 11.5 Å². The van der Waals surface area contributed by atoms with Gasteiger partial charge in [-0.2, -0.15) is 0 Å². The Balaban J connectivity index is 1.75. The third kappa shape index (κ3) is 2.49. The highest BCUT2D eigenvalue weighted by Gasteiger charge is 2.25. The molecule has 0 saturated carbocycles. The lowest BCUT2D eigenvalue weighted by atomic mass is 10.0. The molecule has 0 spiro atoms. The molecule has 1 aliphatic rings. The van der Waals surface area contributed by atoms with Gasteiger partial charge >= 0.3 is 0 Å². The smallest absolute Gasteiger partial charge is 0.127 e. The Morgan fingerprint density at radius 2 is 1.95 bits per heavy atom. The summed E-state index contributed by atoms with van der Waals surface area (Å²) < 4.78 is 5.63. The number of fused-ring (bicyclic) bond motifs is 1. The maximum Gasteiger partial charge on any atom is 0.127 e. The summed E-state index contributed by atoms with van der Waals surface area (Å²) in [6, 6.07) is 14.3. The van der Waals surface area contributed by atoms with E-state index in [1.54, 1.807) is 12.1 Å². The monoisotopic (exact) mass is 269 g/mol. The molecule has 3 rings (SSSR count). The second-order valence-electron chi connectivity index (χ2n) is 5.38. The Morgan fingerprint density at radius 3 is 2.70 bits per heavy atom. The van der Waals surface area contributed by atoms with Crippen LogP contribution < -0.4 is 10.1 Å². The number of aryl methyl sites for hydroxylation is 1. The van der Waals surface area contributed by atoms with Gasteiger partial charge in [-0.05, 0) is 31.5 Å². The van der Waals surface area contributed by atoms with Crippen LogP contribution in [0.3, 0.4) is 0 Å². The van der Waals surface area contributed by atoms with E-state index in [4.69, 9.17) is 4.74 Å². The third-order valence-electron chi connectivity index (χ3n) is 3.81. The van der Waals surface area contributed by atoms with Gasteiger partial charge in [0.05, 0.1) is 6.04 Å². The number of benzene rings is 2. The minimum Gasteiger partial charge on any atom is -0.508 e. The van der Waals surface area contributed by atoms with Gasteiger partial charge < -0.3 is 15.2 Å². The summed E-state index contributed by atoms with van der Waals surface area (Å²) in [7, 11) is 0. The van der Waals surface area contributed by atoms with Gasteiger partial charge in [-0.15, -0.1) is 0 Å². The van der Waals surface area contributed by atoms with Gasteiger partial charge in [0.2, 0.25) is 0 Å². The molecule has 1 heterocycles. The Morgan fingerprint density at radius 1 is 1.20 bits per heavy atom. The van der Waals surface area contributed by atoms with Crippen LogP contribution >= 0.6 is 0 Å². The molecule has 3 nitrogen and oxygen atoms in total. The minimum absolute atomic E-state index is 0.168. The second kappa shape index (κ2) is 5.17. The van der Waals surface area contributed by atoms with Gasteiger partial charge in [0, 0.05) is 17.7 Å². The van der Waals surface area contributed by atoms with Gasteiger partial charge in [0.1, 0.15) is 18.1 Å². The number of ether oxygens (including phenoxy) is 1. The summed E-state index contributed by atoms with van der Waals surface area (Å²) in [5.74, 6) is 1.02. The fourth-order valence-corrected chi connectivity index (χ4v) is 2.59. The highest BCUT2D eigenvalue weighted by Crippen LogP contribution is 2.36. The Labute approximate surface area is 119 Å². The molecule has 1 unspecified atom stereocenters. The molecule has 20 heavy (non-hydrogen) atoms. The maximum atomic E-state index is 9.47. The predicted molar refractivity (Wildman–Crippen MR) is 79.1 cm³/mol. The van der Waals surface area contributed by atoms with Crippen molar-refractivity contribution >= 4 is 0 Å². The fraction of sp³-hybridized carbons (Fsp3) is 0.294. The first kappa shape index (κ1) is 13.0. The molecular formula is C17H19NO2. The van der Waals surface area contributed by atoms with Crippen LogP contribution in [0, 0.1) is 6.92 Å². The van der Waals surface area contributed by atoms with Crippen LogP contribution in [0.25, 0.3) is 0 Å². The quantitative estimate of drug-likeness (QED) is 0.896. The SMILES string of the molecule is Cc1ccc([C@@H](C)NC2COc3cc(O)ccc32)cc1. The average molecular weight is 269 g/mol. The van der Waals surface area contributed by atoms with Crippen molar-refractivity contribution in [3.05, 3.63) is 59.2 Å². The maximum absolute atomic E-state index is 9.47. The Hall–Kier alpha value is -2.00. The first-order valence-corrected chi connectivity index (χ1v) is 6.92. The summed E-state index contributed by atoms with van der Waals surface area (Å²) in [6.45, 7) is 4.85. The number of phenols is 1. The lowest BCUT2D eigenvalue weighted by molar-refractivity contribution is 0.300. The fourth-order valence-electron chi connectivity index (χ4n) is 2.59. The molecule has 3 heteroatoms. The standard InChI is InChI=1S/C17H19NO2/c1-11-3-5-13(6-4-11)12(2)18-16-10-20-17-9-14(19)7-8-15(16)17/h3-9,12,16,18-19H,10H2,1-2H3/t12-,16?/m1/s1. The van der Waals surface area contributed by atoms with E-state index < -0.39 is 0 Å². The van der Waals surface area contributed by atoms with E-state index in [1.165, 1.54) is 11.1 Å². The molecule has 2 aromatic carbocycles. The highest BCUT2D eigenvalue weighted by atomic mass is 16.5. The van der Waals surface area contributed by atoms with Gasteiger partial charge in [-0.1, -0.05) is 29.8 Å². The normalized spacial score (nSPS) is 18.4. The lowest BCUT2D eigenvalue weighted by Gasteiger charge is -2.19. The van der Waals surface area contributed by atoms with Gasteiger partial charge in [0.25, 0.3) is 0 Å². The zero-order valence-corrected chi connectivity index (χ0v) is 11.8. The van der Waals surface area contributed by atoms with Crippen molar-refractivity contribution in [3.63, 3.8) is 0 Å². The lowest BCUT2D eigenvalue weighted by Crippen LogP contribution is -2.25. The molecule has 2 N–H and O–H groups in total. The summed E-state index contributed by atoms with van der Waals surface area (Å²) >= 11 is 0. The number of rotatable bonds is 3. The molecule has 0 aliphatic carbocycles. The largest absolute Gasteiger partial charge is 0.508 e. The molecule has 0 radical (unpaired) electrons. The van der Waals surface area contributed by atoms with E-state index in [2.05, 4.69) is 43.4 Å². The van der Waals surface area contributed by atoms with Crippen LogP contribution in [0.4, 0.5) is 0 Å². The molecule has 2 atom stereocenters. The minimum atomic E-state index is 0.168. The van der Waals surface area contributed by atoms with Crippen LogP contribution in [-0.2, 0) is 0 Å². The van der Waals surface area contributed by atoms with Crippen molar-refractivity contribution in [2.24, 2.45) is 0 Å². The second-order valence-corrected chi connectivity index (χ2v) is 5.38. The van der Waals surface area contributed by atoms with Crippen molar-refractivity contribution in [1.29, 1.82) is 0 Å². The molecule has 0 saturated heterocycles. The first-order chi connectivity index (χ1) is 9.63. The summed E-state index contributed by atoms with van der Waals surface area (Å²) in [5, 5.41) is 13.1. The van der Waals surface area contributed by atoms with Crippen LogP contribution in [0.5, 0.6) is 11.5 Å². The molecule has 0 bridgehead atoms. The summed E-state index contributed by atoms with van der Waals surface area (Å²) in [5.41, 5.74) is 3.65. The summed E-state index contributed by atoms with van der Waals surface area (Å²) in [6.07, 6.45) is 0. The van der Waals surface area contributed by atoms with E-state index in [9.17, 15) is 5.11 Å². The summed E-state index contributed by atoms with van der Waals surface area (Å²) in [4.78, 5) is 0. The molecule has 0 aromatic heterocycles. The van der Waals surface area contributed by atoms with Crippen molar-refractivity contribution in [2.45, 2.75) is 25.9 Å². The van der Waals surface area contributed by atoms with Crippen LogP contribution in [-0.4, -0.2) is 11.7 Å². The van der Waals surface area contributed by atoms with E-state index >= 15 is 0 Å². The average Bonchev–Trinajstić information content (AvgIpc) is 2.81. The highest BCUT2D eigenvalue weighted by molar-refractivity contribution is 5.44. The molecular weight excluding hydrogens is 250 g/mol. The van der Waals surface area contributed by atoms with Crippen LogP contribution in [0.1, 0.15) is 35.7 Å². The van der Waals surface area contributed by atoms with E-state index in [0.717, 1.165) is 11.3 Å². The zero-order chi connectivity index (χ0) is 14.1. The molecule has 2 aromatic rings. The van der Waals surface area contributed by atoms with Crippen molar-refractivity contribution in [1.82, 2.24) is 5.32 Å². The van der Waals surface area contributed by atoms with Crippen molar-refractivity contribution in [2.75, 3.05) is 6.61 Å². The third-order valence-corrected chi connectivity index (χ3v) is 3.81. The van der Waals surface area contributed by atoms with Crippen LogP contribution in [0.15, 0.2) is 42.5 Å². The van der Waals surface area contributed by atoms with Gasteiger partial charge in [-0.3, -0.25) is 0 Å². The van der Waals surface area contributed by atoms with Crippen molar-refractivity contribution < 1.29 is 9.84 Å². The topological polar surface area (TPSA) is 41.5 Å². The molecule has 0 fully saturated rings. The molecule has 104 valence electrons. The Kier molecular flexibility index (Phi) is 3.36. The number of hydrogen-bond acceptors (Lipinski definition) is 3. The van der Waals surface area contributed by atoms with Gasteiger partial charge in [0.15, 0.2) is 0 Å². The van der Waals surface area contributed by atoms with E-state index in [1.807, 2.05) is 6.07 Å². The van der Waals surface area contributed by atoms with Crippen LogP contribution in [0.2, 0.25) is 0 Å². The van der Waals surface area contributed by atoms with E-state index in [-0.39, 0.29) is 17.8 Å². The predicted octanol–water partition coefficient (Wildman–Crippen LogP) is 3.48. The number of hydrogen-bond donors (Lipinski definition) is 2.